The summed E-state index contributed by atoms with van der Waals surface area (Å²) in [6.45, 7) is 2.17. The van der Waals surface area contributed by atoms with Crippen molar-refractivity contribution in [2.45, 2.75) is 12.6 Å². The van der Waals surface area contributed by atoms with E-state index in [-0.39, 0.29) is 18.1 Å². The van der Waals surface area contributed by atoms with E-state index < -0.39 is 12.0 Å². The number of ether oxygens (including phenoxy) is 2. The molecule has 2 aliphatic rings. The molecule has 5 rings (SSSR count). The van der Waals surface area contributed by atoms with E-state index in [1.807, 2.05) is 41.3 Å². The van der Waals surface area contributed by atoms with E-state index in [0.717, 1.165) is 11.1 Å². The summed E-state index contributed by atoms with van der Waals surface area (Å²) in [6.07, 6.45) is 1.95. The largest absolute Gasteiger partial charge is 0.491 e. The lowest BCUT2D eigenvalue weighted by Gasteiger charge is -2.28. The van der Waals surface area contributed by atoms with Gasteiger partial charge in [-0.2, -0.15) is 0 Å². The zero-order chi connectivity index (χ0) is 26.5. The van der Waals surface area contributed by atoms with Gasteiger partial charge in [0, 0.05) is 37.6 Å². The maximum atomic E-state index is 12.8. The number of aliphatic hydroxyl groups is 1. The Balaban J connectivity index is 1.31. The van der Waals surface area contributed by atoms with E-state index in [2.05, 4.69) is 25.6 Å². The number of carbonyl (C=O) groups is 1. The fourth-order valence-corrected chi connectivity index (χ4v) is 4.15. The number of nitrogens with one attached hydrogen (secondary N) is 2. The fraction of sp³-hybridized carbons (Fsp3) is 0.269. The summed E-state index contributed by atoms with van der Waals surface area (Å²) in [6, 6.07) is 13.6. The van der Waals surface area contributed by atoms with Gasteiger partial charge >= 0.3 is 0 Å². The minimum atomic E-state index is -0.741. The molecule has 2 aromatic carbocycles. The van der Waals surface area contributed by atoms with Gasteiger partial charge in [0.05, 0.1) is 19.2 Å². The Bertz CT molecular complexity index is 1360. The van der Waals surface area contributed by atoms with E-state index in [1.54, 1.807) is 6.07 Å². The number of nitrogen functional groups attached to an aromatic ring is 1. The molecule has 38 heavy (non-hydrogen) atoms. The highest BCUT2D eigenvalue weighted by molar-refractivity contribution is 6.20. The number of rotatable bonds is 9. The van der Waals surface area contributed by atoms with Crippen LogP contribution >= 0.6 is 0 Å². The van der Waals surface area contributed by atoms with Crippen molar-refractivity contribution in [2.75, 3.05) is 39.1 Å². The monoisotopic (exact) mass is 516 g/mol. The quantitative estimate of drug-likeness (QED) is 0.326. The van der Waals surface area contributed by atoms with Gasteiger partial charge in [-0.15, -0.1) is 0 Å². The highest BCUT2D eigenvalue weighted by Gasteiger charge is 2.33. The van der Waals surface area contributed by atoms with Crippen molar-refractivity contribution in [3.63, 3.8) is 0 Å². The summed E-state index contributed by atoms with van der Waals surface area (Å²) in [5.41, 5.74) is 8.12. The molecule has 0 radical (unpaired) electrons. The number of benzene rings is 2. The summed E-state index contributed by atoms with van der Waals surface area (Å²) >= 11 is 0. The number of methoxy groups -OCH3 is 1. The van der Waals surface area contributed by atoms with E-state index in [4.69, 9.17) is 20.2 Å². The Labute approximate surface area is 219 Å². The lowest BCUT2D eigenvalue weighted by Crippen LogP contribution is -2.47. The number of hydrogen-bond acceptors (Lipinski definition) is 11. The number of guanidine groups is 1. The van der Waals surface area contributed by atoms with Gasteiger partial charge in [0.25, 0.3) is 5.91 Å². The van der Waals surface area contributed by atoms with Crippen LogP contribution in [0.4, 0.5) is 11.6 Å². The Morgan fingerprint density at radius 2 is 1.97 bits per heavy atom. The number of nitrogens with two attached hydrogens (primary N) is 1. The second-order valence-corrected chi connectivity index (χ2v) is 8.65. The van der Waals surface area contributed by atoms with Crippen LogP contribution in [0.2, 0.25) is 0 Å². The van der Waals surface area contributed by atoms with Gasteiger partial charge in [-0.25, -0.2) is 15.0 Å². The van der Waals surface area contributed by atoms with Crippen LogP contribution in [0.15, 0.2) is 64.8 Å². The Hall–Kier alpha value is -4.55. The molecule has 0 aliphatic carbocycles. The Morgan fingerprint density at radius 3 is 2.74 bits per heavy atom. The first-order valence-corrected chi connectivity index (χ1v) is 12.1. The SMILES string of the molecule is COc1c(OC[C@@H](O)CNCc2ccccc2)ccc2c1N=C(NC(=O)c1cnc(N)nc1)N1CCN=C21. The van der Waals surface area contributed by atoms with Crippen LogP contribution in [0.5, 0.6) is 11.5 Å². The average Bonchev–Trinajstić information content (AvgIpc) is 3.43. The maximum Gasteiger partial charge on any atom is 0.261 e. The minimum Gasteiger partial charge on any atom is -0.491 e. The molecule has 3 aromatic rings. The van der Waals surface area contributed by atoms with Crippen molar-refractivity contribution >= 4 is 29.3 Å². The van der Waals surface area contributed by atoms with E-state index >= 15 is 0 Å². The number of carbonyl (C=O) groups excluding carboxylic acids is 1. The number of hydrogen-bond donors (Lipinski definition) is 4. The van der Waals surface area contributed by atoms with Gasteiger partial charge in [0.2, 0.25) is 11.9 Å². The average molecular weight is 517 g/mol. The van der Waals surface area contributed by atoms with Crippen molar-refractivity contribution in [1.29, 1.82) is 0 Å². The smallest absolute Gasteiger partial charge is 0.261 e. The zero-order valence-electron chi connectivity index (χ0n) is 20.8. The van der Waals surface area contributed by atoms with Crippen LogP contribution in [0, 0.1) is 0 Å². The van der Waals surface area contributed by atoms with E-state index in [1.165, 1.54) is 19.5 Å². The molecule has 0 saturated carbocycles. The maximum absolute atomic E-state index is 12.8. The van der Waals surface area contributed by atoms with E-state index in [0.29, 0.717) is 55.2 Å². The van der Waals surface area contributed by atoms with Gasteiger partial charge in [-0.1, -0.05) is 30.3 Å². The topological polar surface area (TPSA) is 160 Å². The Kier molecular flexibility index (Phi) is 7.43. The summed E-state index contributed by atoms with van der Waals surface area (Å²) < 4.78 is 11.6. The molecular formula is C26H28N8O4. The van der Waals surface area contributed by atoms with Crippen LogP contribution in [0.3, 0.4) is 0 Å². The predicted octanol–water partition coefficient (Wildman–Crippen LogP) is 1.09. The third kappa shape index (κ3) is 5.41. The number of fused-ring (bicyclic) bond motifs is 3. The molecule has 0 fully saturated rings. The van der Waals surface area contributed by atoms with Crippen molar-refractivity contribution in [3.8, 4) is 11.5 Å². The number of aromatic nitrogens is 2. The number of amides is 1. The van der Waals surface area contributed by atoms with Gasteiger partial charge in [0.1, 0.15) is 24.2 Å². The van der Waals surface area contributed by atoms with Crippen LogP contribution in [-0.2, 0) is 6.54 Å². The second kappa shape index (κ2) is 11.2. The fourth-order valence-electron chi connectivity index (χ4n) is 4.15. The van der Waals surface area contributed by atoms with Crippen LogP contribution in [-0.4, -0.2) is 77.1 Å². The molecule has 2 aliphatic heterocycles. The van der Waals surface area contributed by atoms with E-state index in [9.17, 15) is 9.90 Å². The molecule has 1 aromatic heterocycles. The van der Waals surface area contributed by atoms with Crippen molar-refractivity contribution in [3.05, 3.63) is 71.5 Å². The van der Waals surface area contributed by atoms with Crippen LogP contribution < -0.4 is 25.8 Å². The number of nitrogens with zero attached hydrogens (tertiary/aromatic N) is 5. The molecule has 12 nitrogen and oxygen atoms in total. The lowest BCUT2D eigenvalue weighted by atomic mass is 10.1. The number of aliphatic hydroxyl groups excluding tert-OH is 1. The minimum absolute atomic E-state index is 0.0501. The summed E-state index contributed by atoms with van der Waals surface area (Å²) in [5.74, 6) is 1.42. The summed E-state index contributed by atoms with van der Waals surface area (Å²) in [7, 11) is 1.52. The molecule has 1 atom stereocenters. The lowest BCUT2D eigenvalue weighted by molar-refractivity contribution is 0.0973. The number of amidine groups is 1. The first kappa shape index (κ1) is 25.1. The molecule has 1 amide bonds. The third-order valence-corrected chi connectivity index (χ3v) is 6.00. The predicted molar refractivity (Wildman–Crippen MR) is 142 cm³/mol. The number of aliphatic imine (C=N–C) groups is 2. The molecule has 196 valence electrons. The highest BCUT2D eigenvalue weighted by Crippen LogP contribution is 2.43. The highest BCUT2D eigenvalue weighted by atomic mass is 16.5. The molecule has 3 heterocycles. The van der Waals surface area contributed by atoms with Gasteiger partial charge < -0.3 is 25.6 Å². The van der Waals surface area contributed by atoms with Crippen molar-refractivity contribution in [2.24, 2.45) is 9.98 Å². The molecule has 0 saturated heterocycles. The first-order valence-electron chi connectivity index (χ1n) is 12.1. The first-order chi connectivity index (χ1) is 18.5. The van der Waals surface area contributed by atoms with Gasteiger partial charge in [-0.05, 0) is 17.7 Å². The van der Waals surface area contributed by atoms with Crippen molar-refractivity contribution < 1.29 is 19.4 Å². The van der Waals surface area contributed by atoms with Crippen molar-refractivity contribution in [1.82, 2.24) is 25.5 Å². The summed E-state index contributed by atoms with van der Waals surface area (Å²) in [5, 5.41) is 16.5. The van der Waals surface area contributed by atoms with Gasteiger partial charge in [0.15, 0.2) is 11.5 Å². The molecule has 0 unspecified atom stereocenters. The molecule has 5 N–H and O–H groups in total. The molecular weight excluding hydrogens is 488 g/mol. The van der Waals surface area contributed by atoms with Gasteiger partial charge in [-0.3, -0.25) is 20.0 Å². The standard InChI is InChI=1S/C26H28N8O4/c1-37-22-20(38-15-18(35)14-28-11-16-5-3-2-4-6-16)8-7-19-21(22)32-26(34-10-9-29-23(19)34)33-24(36)17-12-30-25(27)31-13-17/h2-8,12-13,18,28,35H,9-11,14-15H2,1H3,(H2,27,30,31)(H,32,33,36)/t18-/m0/s1. The van der Waals surface area contributed by atoms with Crippen LogP contribution in [0.1, 0.15) is 21.5 Å². The summed E-state index contributed by atoms with van der Waals surface area (Å²) in [4.78, 5) is 31.7. The molecule has 0 bridgehead atoms. The zero-order valence-corrected chi connectivity index (χ0v) is 20.8. The third-order valence-electron chi connectivity index (χ3n) is 6.00. The molecule has 12 heteroatoms. The normalized spacial score (nSPS) is 14.6. The van der Waals surface area contributed by atoms with Crippen LogP contribution in [0.25, 0.3) is 0 Å². The molecule has 0 spiro atoms. The second-order valence-electron chi connectivity index (χ2n) is 8.65. The Morgan fingerprint density at radius 1 is 1.18 bits per heavy atom. The number of anilines is 1.